The molecule has 0 saturated carbocycles. The molecule has 0 saturated heterocycles. The maximum absolute atomic E-state index is 5.77. The maximum atomic E-state index is 5.77. The molecule has 0 radical (unpaired) electrons. The maximum Gasteiger partial charge on any atom is 0.0704 e. The predicted molar refractivity (Wildman–Crippen MR) is 79.2 cm³/mol. The van der Waals surface area contributed by atoms with Gasteiger partial charge in [-0.3, -0.25) is 5.01 Å². The zero-order chi connectivity index (χ0) is 13.4. The molecule has 0 aromatic rings. The van der Waals surface area contributed by atoms with E-state index in [1.165, 1.54) is 38.5 Å². The van der Waals surface area contributed by atoms with Crippen molar-refractivity contribution >= 4 is 6.21 Å². The van der Waals surface area contributed by atoms with Crippen LogP contribution in [0.2, 0.25) is 0 Å². The Morgan fingerprint density at radius 1 is 1.22 bits per heavy atom. The van der Waals surface area contributed by atoms with Crippen molar-refractivity contribution in [1.29, 1.82) is 0 Å². The molecule has 0 fully saturated rings. The van der Waals surface area contributed by atoms with Crippen LogP contribution in [0.5, 0.6) is 0 Å². The zero-order valence-electron chi connectivity index (χ0n) is 12.0. The van der Waals surface area contributed by atoms with Gasteiger partial charge in [-0.25, -0.2) is 0 Å². The van der Waals surface area contributed by atoms with Crippen molar-refractivity contribution in [2.75, 3.05) is 0 Å². The fraction of sp³-hybridized carbons (Fsp3) is 0.667. The first-order valence-electron chi connectivity index (χ1n) is 7.09. The molecular formula is C15H27N3. The molecule has 1 rings (SSSR count). The first kappa shape index (κ1) is 14.8. The Balaban J connectivity index is 2.78. The Kier molecular flexibility index (Phi) is 5.96. The van der Waals surface area contributed by atoms with E-state index in [9.17, 15) is 0 Å². The van der Waals surface area contributed by atoms with Crippen LogP contribution in [-0.2, 0) is 0 Å². The average Bonchev–Trinajstić information content (AvgIpc) is 2.59. The van der Waals surface area contributed by atoms with Crippen molar-refractivity contribution in [2.24, 2.45) is 10.8 Å². The van der Waals surface area contributed by atoms with Crippen LogP contribution in [0.3, 0.4) is 0 Å². The van der Waals surface area contributed by atoms with E-state index in [2.05, 4.69) is 30.9 Å². The van der Waals surface area contributed by atoms with E-state index < -0.39 is 0 Å². The molecule has 0 atom stereocenters. The second kappa shape index (κ2) is 7.24. The van der Waals surface area contributed by atoms with Crippen LogP contribution >= 0.6 is 0 Å². The lowest BCUT2D eigenvalue weighted by atomic mass is 9.88. The minimum atomic E-state index is 0.109. The topological polar surface area (TPSA) is 41.6 Å². The predicted octanol–water partition coefficient (Wildman–Crippen LogP) is 3.78. The Morgan fingerprint density at radius 3 is 2.39 bits per heavy atom. The lowest BCUT2D eigenvalue weighted by Gasteiger charge is -2.37. The summed E-state index contributed by atoms with van der Waals surface area (Å²) in [7, 11) is 0. The minimum absolute atomic E-state index is 0.109. The summed E-state index contributed by atoms with van der Waals surface area (Å²) < 4.78 is 0. The van der Waals surface area contributed by atoms with Gasteiger partial charge in [0.2, 0.25) is 0 Å². The summed E-state index contributed by atoms with van der Waals surface area (Å²) >= 11 is 0. The van der Waals surface area contributed by atoms with Crippen LogP contribution in [0.15, 0.2) is 29.2 Å². The van der Waals surface area contributed by atoms with Gasteiger partial charge in [-0.15, -0.1) is 0 Å². The van der Waals surface area contributed by atoms with Crippen molar-refractivity contribution in [2.45, 2.75) is 64.8 Å². The highest BCUT2D eigenvalue weighted by Crippen LogP contribution is 2.29. The van der Waals surface area contributed by atoms with E-state index in [0.29, 0.717) is 5.70 Å². The van der Waals surface area contributed by atoms with E-state index in [-0.39, 0.29) is 5.54 Å². The third-order valence-corrected chi connectivity index (χ3v) is 3.54. The molecule has 3 nitrogen and oxygen atoms in total. The Morgan fingerprint density at radius 2 is 1.83 bits per heavy atom. The number of rotatable bonds is 7. The number of allylic oxidation sites excluding steroid dienone is 3. The van der Waals surface area contributed by atoms with Crippen LogP contribution in [0.4, 0.5) is 0 Å². The Hall–Kier alpha value is -1.25. The Bertz CT molecular complexity index is 321. The van der Waals surface area contributed by atoms with Gasteiger partial charge in [-0.1, -0.05) is 39.5 Å². The van der Waals surface area contributed by atoms with Gasteiger partial charge in [0.1, 0.15) is 0 Å². The van der Waals surface area contributed by atoms with Gasteiger partial charge in [0.05, 0.1) is 17.5 Å². The number of unbranched alkanes of at least 4 members (excludes halogenated alkanes) is 2. The van der Waals surface area contributed by atoms with Crippen molar-refractivity contribution in [3.8, 4) is 0 Å². The molecule has 0 unspecified atom stereocenters. The molecule has 0 aromatic heterocycles. The van der Waals surface area contributed by atoms with Crippen LogP contribution in [0, 0.1) is 0 Å². The summed E-state index contributed by atoms with van der Waals surface area (Å²) in [6.45, 7) is 6.78. The van der Waals surface area contributed by atoms with Gasteiger partial charge in [0.25, 0.3) is 0 Å². The van der Waals surface area contributed by atoms with E-state index in [4.69, 9.17) is 5.73 Å². The van der Waals surface area contributed by atoms with Crippen molar-refractivity contribution in [3.05, 3.63) is 24.0 Å². The summed E-state index contributed by atoms with van der Waals surface area (Å²) in [6, 6.07) is 0. The van der Waals surface area contributed by atoms with E-state index in [1.54, 1.807) is 6.21 Å². The van der Waals surface area contributed by atoms with Gasteiger partial charge in [-0.05, 0) is 31.9 Å². The fourth-order valence-corrected chi connectivity index (χ4v) is 2.23. The Labute approximate surface area is 111 Å². The van der Waals surface area contributed by atoms with E-state index >= 15 is 0 Å². The van der Waals surface area contributed by atoms with Crippen molar-refractivity contribution in [3.63, 3.8) is 0 Å². The highest BCUT2D eigenvalue weighted by atomic mass is 15.5. The average molecular weight is 249 g/mol. The number of nitrogens with two attached hydrogens (primary N) is 1. The number of hydrogen-bond donors (Lipinski definition) is 1. The number of hydrogen-bond acceptors (Lipinski definition) is 3. The molecule has 1 aliphatic heterocycles. The first-order chi connectivity index (χ1) is 8.62. The van der Waals surface area contributed by atoms with Gasteiger partial charge in [-0.2, -0.15) is 5.10 Å². The van der Waals surface area contributed by atoms with Crippen molar-refractivity contribution in [1.82, 2.24) is 5.01 Å². The molecule has 18 heavy (non-hydrogen) atoms. The summed E-state index contributed by atoms with van der Waals surface area (Å²) in [5.74, 6) is 0. The molecule has 0 bridgehead atoms. The molecule has 0 aliphatic carbocycles. The SMILES string of the molecule is CCCCC(C)(CCCC)N1C=CC=C(N)C=N1. The standard InChI is InChI=1S/C15H27N3/c1-4-6-10-15(3,11-7-5-2)18-12-8-9-14(16)13-17-18/h8-9,12-13H,4-7,10-11,16H2,1-3H3. The minimum Gasteiger partial charge on any atom is -0.397 e. The van der Waals surface area contributed by atoms with Crippen molar-refractivity contribution < 1.29 is 0 Å². The summed E-state index contributed by atoms with van der Waals surface area (Å²) in [4.78, 5) is 0. The molecule has 102 valence electrons. The van der Waals surface area contributed by atoms with Gasteiger partial charge in [0.15, 0.2) is 0 Å². The first-order valence-corrected chi connectivity index (χ1v) is 7.09. The number of nitrogens with zero attached hydrogens (tertiary/aromatic N) is 2. The molecule has 1 aliphatic rings. The van der Waals surface area contributed by atoms with Crippen LogP contribution in [0.25, 0.3) is 0 Å². The largest absolute Gasteiger partial charge is 0.397 e. The van der Waals surface area contributed by atoms with Gasteiger partial charge < -0.3 is 5.73 Å². The number of hydrazone groups is 1. The lowest BCUT2D eigenvalue weighted by Crippen LogP contribution is -2.40. The lowest BCUT2D eigenvalue weighted by molar-refractivity contribution is 0.139. The molecule has 0 aromatic carbocycles. The third-order valence-electron chi connectivity index (χ3n) is 3.54. The van der Waals surface area contributed by atoms with E-state index in [1.807, 2.05) is 18.4 Å². The quantitative estimate of drug-likeness (QED) is 0.746. The van der Waals surface area contributed by atoms with E-state index in [0.717, 1.165) is 0 Å². The monoisotopic (exact) mass is 249 g/mol. The highest BCUT2D eigenvalue weighted by Gasteiger charge is 2.28. The zero-order valence-corrected chi connectivity index (χ0v) is 12.0. The highest BCUT2D eigenvalue weighted by molar-refractivity contribution is 5.77. The molecule has 0 spiro atoms. The molecular weight excluding hydrogens is 222 g/mol. The van der Waals surface area contributed by atoms with Gasteiger partial charge >= 0.3 is 0 Å². The smallest absolute Gasteiger partial charge is 0.0704 e. The summed E-state index contributed by atoms with van der Waals surface area (Å²) in [5, 5.41) is 6.60. The van der Waals surface area contributed by atoms with Crippen LogP contribution < -0.4 is 5.73 Å². The second-order valence-corrected chi connectivity index (χ2v) is 5.30. The van der Waals surface area contributed by atoms with Gasteiger partial charge in [0, 0.05) is 6.20 Å². The molecule has 2 N–H and O–H groups in total. The summed E-state index contributed by atoms with van der Waals surface area (Å²) in [6.07, 6.45) is 14.9. The molecule has 3 heteroatoms. The fourth-order valence-electron chi connectivity index (χ4n) is 2.23. The van der Waals surface area contributed by atoms with Crippen LogP contribution in [0.1, 0.15) is 59.3 Å². The normalized spacial score (nSPS) is 15.7. The third kappa shape index (κ3) is 4.21. The molecule has 1 heterocycles. The summed E-state index contributed by atoms with van der Waals surface area (Å²) in [5.41, 5.74) is 6.59. The molecule has 0 amide bonds. The van der Waals surface area contributed by atoms with Crippen LogP contribution in [-0.4, -0.2) is 16.8 Å². The second-order valence-electron chi connectivity index (χ2n) is 5.30.